The first-order chi connectivity index (χ1) is 11.1. The molecule has 0 saturated carbocycles. The molecule has 1 aliphatic heterocycles. The van der Waals surface area contributed by atoms with Crippen LogP contribution in [0, 0.1) is 0 Å². The summed E-state index contributed by atoms with van der Waals surface area (Å²) in [6, 6.07) is 5.35. The van der Waals surface area contributed by atoms with E-state index < -0.39 is 5.97 Å². The van der Waals surface area contributed by atoms with Crippen LogP contribution in [0.15, 0.2) is 41.3 Å². The highest BCUT2D eigenvalue weighted by atomic mass is 16.5. The van der Waals surface area contributed by atoms with Crippen molar-refractivity contribution in [2.75, 3.05) is 18.0 Å². The van der Waals surface area contributed by atoms with E-state index in [0.717, 1.165) is 24.5 Å². The molecule has 122 valence electrons. The molecule has 6 heteroatoms. The number of nitrogens with zero attached hydrogens (tertiary/aromatic N) is 2. The lowest BCUT2D eigenvalue weighted by atomic mass is 10.2. The minimum absolute atomic E-state index is 0.167. The first kappa shape index (κ1) is 15.6. The molecule has 1 fully saturated rings. The Morgan fingerprint density at radius 1 is 1.30 bits per heavy atom. The summed E-state index contributed by atoms with van der Waals surface area (Å²) < 4.78 is 15.9. The van der Waals surface area contributed by atoms with Gasteiger partial charge < -0.3 is 18.8 Å². The third-order valence-electron chi connectivity index (χ3n) is 3.68. The fourth-order valence-corrected chi connectivity index (χ4v) is 2.67. The number of carbonyl (C=O) groups is 1. The maximum Gasteiger partial charge on any atom is 0.340 e. The lowest BCUT2D eigenvalue weighted by molar-refractivity contribution is -0.00547. The number of rotatable bonds is 4. The van der Waals surface area contributed by atoms with Crippen molar-refractivity contribution >= 4 is 11.8 Å². The molecule has 3 heterocycles. The maximum absolute atomic E-state index is 12.0. The molecule has 2 atom stereocenters. The molecule has 0 unspecified atom stereocenters. The number of hydrogen-bond donors (Lipinski definition) is 0. The summed E-state index contributed by atoms with van der Waals surface area (Å²) in [7, 11) is 0. The summed E-state index contributed by atoms with van der Waals surface area (Å²) in [5, 5.41) is 0. The average molecular weight is 316 g/mol. The smallest absolute Gasteiger partial charge is 0.340 e. The van der Waals surface area contributed by atoms with Crippen LogP contribution in [0.2, 0.25) is 0 Å². The Labute approximate surface area is 135 Å². The molecule has 0 amide bonds. The number of pyridine rings is 1. The molecule has 0 spiro atoms. The van der Waals surface area contributed by atoms with Gasteiger partial charge in [0, 0.05) is 24.8 Å². The Morgan fingerprint density at radius 2 is 2.09 bits per heavy atom. The van der Waals surface area contributed by atoms with E-state index in [1.54, 1.807) is 30.9 Å². The highest BCUT2D eigenvalue weighted by Crippen LogP contribution is 2.18. The summed E-state index contributed by atoms with van der Waals surface area (Å²) in [6.45, 7) is 5.87. The van der Waals surface area contributed by atoms with E-state index in [1.807, 2.05) is 19.9 Å². The molecule has 2 aromatic heterocycles. The highest BCUT2D eigenvalue weighted by molar-refractivity contribution is 5.89. The van der Waals surface area contributed by atoms with Gasteiger partial charge in [0.25, 0.3) is 0 Å². The van der Waals surface area contributed by atoms with Gasteiger partial charge in [-0.1, -0.05) is 0 Å². The quantitative estimate of drug-likeness (QED) is 0.808. The number of esters is 1. The molecular weight excluding hydrogens is 296 g/mol. The second-order valence-electron chi connectivity index (χ2n) is 5.78. The number of carbonyl (C=O) groups excluding carboxylic acids is 1. The Bertz CT molecular complexity index is 629. The number of aromatic nitrogens is 1. The number of ether oxygens (including phenoxy) is 2. The normalized spacial score (nSPS) is 21.2. The fraction of sp³-hybridized carbons (Fsp3) is 0.412. The van der Waals surface area contributed by atoms with Gasteiger partial charge in [-0.2, -0.15) is 0 Å². The zero-order valence-electron chi connectivity index (χ0n) is 13.3. The zero-order valence-corrected chi connectivity index (χ0v) is 13.3. The lowest BCUT2D eigenvalue weighted by Crippen LogP contribution is -2.45. The second-order valence-corrected chi connectivity index (χ2v) is 5.78. The van der Waals surface area contributed by atoms with E-state index in [4.69, 9.17) is 13.9 Å². The third-order valence-corrected chi connectivity index (χ3v) is 3.68. The van der Waals surface area contributed by atoms with Crippen LogP contribution in [0.3, 0.4) is 0 Å². The van der Waals surface area contributed by atoms with Crippen LogP contribution in [-0.4, -0.2) is 36.3 Å². The van der Waals surface area contributed by atoms with Crippen molar-refractivity contribution < 1.29 is 18.7 Å². The Balaban J connectivity index is 1.61. The first-order valence-electron chi connectivity index (χ1n) is 7.66. The van der Waals surface area contributed by atoms with E-state index in [2.05, 4.69) is 9.88 Å². The molecule has 0 aromatic carbocycles. The second kappa shape index (κ2) is 6.83. The molecule has 1 aliphatic rings. The van der Waals surface area contributed by atoms with Crippen molar-refractivity contribution in [3.05, 3.63) is 48.0 Å². The molecule has 23 heavy (non-hydrogen) atoms. The van der Waals surface area contributed by atoms with Crippen molar-refractivity contribution in [1.29, 1.82) is 0 Å². The van der Waals surface area contributed by atoms with E-state index in [0.29, 0.717) is 5.56 Å². The van der Waals surface area contributed by atoms with Crippen LogP contribution >= 0.6 is 0 Å². The van der Waals surface area contributed by atoms with Gasteiger partial charge in [0.2, 0.25) is 0 Å². The molecule has 2 aromatic rings. The van der Waals surface area contributed by atoms with Crippen LogP contribution in [0.25, 0.3) is 0 Å². The minimum Gasteiger partial charge on any atom is -0.472 e. The van der Waals surface area contributed by atoms with E-state index >= 15 is 0 Å². The van der Waals surface area contributed by atoms with Gasteiger partial charge in [0.1, 0.15) is 12.4 Å². The summed E-state index contributed by atoms with van der Waals surface area (Å²) >= 11 is 0. The standard InChI is InChI=1S/C17H20N2O4/c1-12-8-19(9-13(2)23-12)16-4-3-15(7-18-16)17(20)22-11-14-5-6-21-10-14/h3-7,10,12-13H,8-9,11H2,1-2H3/t12-,13+. The molecule has 1 saturated heterocycles. The largest absolute Gasteiger partial charge is 0.472 e. The summed E-state index contributed by atoms with van der Waals surface area (Å²) in [4.78, 5) is 18.6. The minimum atomic E-state index is -0.394. The van der Waals surface area contributed by atoms with Crippen molar-refractivity contribution in [2.24, 2.45) is 0 Å². The summed E-state index contributed by atoms with van der Waals surface area (Å²) in [6.07, 6.45) is 4.98. The van der Waals surface area contributed by atoms with E-state index in [9.17, 15) is 4.79 Å². The fourth-order valence-electron chi connectivity index (χ4n) is 2.67. The van der Waals surface area contributed by atoms with Crippen LogP contribution in [-0.2, 0) is 16.1 Å². The monoisotopic (exact) mass is 316 g/mol. The summed E-state index contributed by atoms with van der Waals surface area (Å²) in [5.74, 6) is 0.451. The van der Waals surface area contributed by atoms with Gasteiger partial charge in [-0.05, 0) is 32.0 Å². The number of hydrogen-bond acceptors (Lipinski definition) is 6. The van der Waals surface area contributed by atoms with Crippen molar-refractivity contribution in [3.63, 3.8) is 0 Å². The number of morpholine rings is 1. The molecule has 6 nitrogen and oxygen atoms in total. The number of anilines is 1. The molecule has 3 rings (SSSR count). The zero-order chi connectivity index (χ0) is 16.2. The molecule has 0 N–H and O–H groups in total. The molecule has 0 bridgehead atoms. The van der Waals surface area contributed by atoms with Crippen LogP contribution in [0.4, 0.5) is 5.82 Å². The summed E-state index contributed by atoms with van der Waals surface area (Å²) in [5.41, 5.74) is 1.26. The topological polar surface area (TPSA) is 64.8 Å². The third kappa shape index (κ3) is 3.90. The highest BCUT2D eigenvalue weighted by Gasteiger charge is 2.23. The maximum atomic E-state index is 12.0. The predicted octanol–water partition coefficient (Wildman–Crippen LogP) is 2.65. The first-order valence-corrected chi connectivity index (χ1v) is 7.66. The Hall–Kier alpha value is -2.34. The van der Waals surface area contributed by atoms with Gasteiger partial charge in [-0.3, -0.25) is 0 Å². The van der Waals surface area contributed by atoms with Gasteiger partial charge in [-0.15, -0.1) is 0 Å². The van der Waals surface area contributed by atoms with E-state index in [-0.39, 0.29) is 18.8 Å². The van der Waals surface area contributed by atoms with Crippen molar-refractivity contribution in [2.45, 2.75) is 32.7 Å². The van der Waals surface area contributed by atoms with Crippen molar-refractivity contribution in [1.82, 2.24) is 4.98 Å². The Kier molecular flexibility index (Phi) is 4.62. The van der Waals surface area contributed by atoms with Gasteiger partial charge >= 0.3 is 5.97 Å². The SMILES string of the molecule is C[C@@H]1CN(c2ccc(C(=O)OCc3ccoc3)cn2)C[C@H](C)O1. The molecule has 0 aliphatic carbocycles. The van der Waals surface area contributed by atoms with Gasteiger partial charge in [0.15, 0.2) is 0 Å². The van der Waals surface area contributed by atoms with E-state index in [1.165, 1.54) is 0 Å². The lowest BCUT2D eigenvalue weighted by Gasteiger charge is -2.36. The molecular formula is C17H20N2O4. The van der Waals surface area contributed by atoms with Crippen molar-refractivity contribution in [3.8, 4) is 0 Å². The van der Waals surface area contributed by atoms with Crippen LogP contribution < -0.4 is 4.90 Å². The molecule has 0 radical (unpaired) electrons. The van der Waals surface area contributed by atoms with Crippen LogP contribution in [0.5, 0.6) is 0 Å². The van der Waals surface area contributed by atoms with Crippen LogP contribution in [0.1, 0.15) is 29.8 Å². The van der Waals surface area contributed by atoms with Gasteiger partial charge in [0.05, 0.1) is 30.3 Å². The predicted molar refractivity (Wildman–Crippen MR) is 84.3 cm³/mol. The average Bonchev–Trinajstić information content (AvgIpc) is 3.05. The van der Waals surface area contributed by atoms with Gasteiger partial charge in [-0.25, -0.2) is 9.78 Å². The number of furan rings is 1. The Morgan fingerprint density at radius 3 is 2.70 bits per heavy atom.